The molecule has 2 heterocycles. The van der Waals surface area contributed by atoms with Crippen LogP contribution in [0.3, 0.4) is 0 Å². The smallest absolute Gasteiger partial charge is 0.343 e. The van der Waals surface area contributed by atoms with Gasteiger partial charge in [0.05, 0.1) is 49.8 Å². The molecular weight excluding hydrogens is 572 g/mol. The van der Waals surface area contributed by atoms with Gasteiger partial charge < -0.3 is 28.4 Å². The van der Waals surface area contributed by atoms with Crippen molar-refractivity contribution in [2.24, 2.45) is 0 Å². The molecule has 0 amide bonds. The average Bonchev–Trinajstić information content (AvgIpc) is 3.99. The first-order valence-electron chi connectivity index (χ1n) is 15.3. The maximum Gasteiger partial charge on any atom is 0.343 e. The molecule has 1 aliphatic carbocycles. The van der Waals surface area contributed by atoms with Crippen molar-refractivity contribution in [1.29, 1.82) is 0 Å². The van der Waals surface area contributed by atoms with Crippen LogP contribution >= 0.6 is 0 Å². The topological polar surface area (TPSA) is 96.1 Å². The van der Waals surface area contributed by atoms with Gasteiger partial charge in [-0.25, -0.2) is 9.59 Å². The van der Waals surface area contributed by atoms with Crippen LogP contribution in [0.25, 0.3) is 11.1 Å². The number of carbonyl (C=O) groups excluding carboxylic acids is 2. The van der Waals surface area contributed by atoms with Crippen LogP contribution in [0, 0.1) is 0 Å². The number of ether oxygens (including phenoxy) is 6. The van der Waals surface area contributed by atoms with Gasteiger partial charge in [-0.05, 0) is 95.1 Å². The van der Waals surface area contributed by atoms with E-state index in [-0.39, 0.29) is 0 Å². The summed E-state index contributed by atoms with van der Waals surface area (Å²) in [5.41, 5.74) is 4.62. The summed E-state index contributed by atoms with van der Waals surface area (Å²) in [4.78, 5) is 25.9. The Hall–Kier alpha value is -4.66. The summed E-state index contributed by atoms with van der Waals surface area (Å²) in [5, 5.41) is 0. The highest BCUT2D eigenvalue weighted by Crippen LogP contribution is 2.50. The van der Waals surface area contributed by atoms with Crippen LogP contribution in [-0.4, -0.2) is 50.6 Å². The molecule has 8 nitrogen and oxygen atoms in total. The monoisotopic (exact) mass is 606 g/mol. The number of epoxide rings is 2. The number of rotatable bonds is 12. The Morgan fingerprint density at radius 3 is 1.38 bits per heavy atom. The molecule has 2 fully saturated rings. The van der Waals surface area contributed by atoms with Gasteiger partial charge in [-0.15, -0.1) is 0 Å². The van der Waals surface area contributed by atoms with Crippen molar-refractivity contribution in [3.05, 3.63) is 107 Å². The Kier molecular flexibility index (Phi) is 7.77. The fourth-order valence-corrected chi connectivity index (χ4v) is 5.61. The molecule has 4 aromatic carbocycles. The summed E-state index contributed by atoms with van der Waals surface area (Å²) in [7, 11) is 0. The number of fused-ring (bicyclic) bond motifs is 3. The van der Waals surface area contributed by atoms with Gasteiger partial charge >= 0.3 is 11.9 Å². The second-order valence-corrected chi connectivity index (χ2v) is 12.1. The van der Waals surface area contributed by atoms with E-state index in [9.17, 15) is 9.59 Å². The Labute approximate surface area is 261 Å². The highest BCUT2D eigenvalue weighted by molar-refractivity contribution is 5.92. The second kappa shape index (κ2) is 12.0. The van der Waals surface area contributed by atoms with E-state index in [4.69, 9.17) is 28.4 Å². The van der Waals surface area contributed by atoms with Crippen LogP contribution < -0.4 is 18.9 Å². The molecule has 45 heavy (non-hydrogen) atoms. The van der Waals surface area contributed by atoms with E-state index in [2.05, 4.69) is 13.8 Å². The predicted octanol–water partition coefficient (Wildman–Crippen LogP) is 6.77. The lowest BCUT2D eigenvalue weighted by Gasteiger charge is -2.22. The molecule has 2 unspecified atom stereocenters. The van der Waals surface area contributed by atoms with Gasteiger partial charge in [-0.2, -0.15) is 0 Å². The highest BCUT2D eigenvalue weighted by atomic mass is 16.6. The molecule has 7 rings (SSSR count). The molecule has 0 spiro atoms. The zero-order chi connectivity index (χ0) is 31.0. The molecule has 0 bridgehead atoms. The van der Waals surface area contributed by atoms with E-state index in [1.54, 1.807) is 60.7 Å². The molecule has 3 aliphatic rings. The van der Waals surface area contributed by atoms with Crippen LogP contribution in [0.4, 0.5) is 0 Å². The number of hydrogen-bond acceptors (Lipinski definition) is 8. The summed E-state index contributed by atoms with van der Waals surface area (Å²) in [5.74, 6) is 1.44. The number of benzene rings is 4. The standard InChI is InChI=1S/C37H34O8/c1-37(2)33-19-27(44-35(38)23-3-7-25(8-4-23)40-17-15-29-21-42-29)11-13-31(33)32-14-12-28(20-34(32)37)45-36(39)24-5-9-26(10-6-24)41-18-16-30-22-43-30/h3-14,19-20,29-30H,15-18,21-22H2,1-2H3. The van der Waals surface area contributed by atoms with Crippen LogP contribution in [0.15, 0.2) is 84.9 Å². The van der Waals surface area contributed by atoms with E-state index >= 15 is 0 Å². The van der Waals surface area contributed by atoms with Crippen molar-refractivity contribution < 1.29 is 38.0 Å². The molecule has 8 heteroatoms. The molecule has 4 aromatic rings. The van der Waals surface area contributed by atoms with Crippen LogP contribution in [-0.2, 0) is 14.9 Å². The predicted molar refractivity (Wildman–Crippen MR) is 167 cm³/mol. The van der Waals surface area contributed by atoms with Crippen molar-refractivity contribution in [2.45, 2.75) is 44.3 Å². The third kappa shape index (κ3) is 6.57. The van der Waals surface area contributed by atoms with Gasteiger partial charge in [-0.1, -0.05) is 26.0 Å². The Balaban J connectivity index is 0.992. The van der Waals surface area contributed by atoms with E-state index in [1.807, 2.05) is 24.3 Å². The fraction of sp³-hybridized carbons (Fsp3) is 0.297. The molecule has 230 valence electrons. The average molecular weight is 607 g/mol. The SMILES string of the molecule is CC1(C)c2cc(OC(=O)c3ccc(OCCC4CO4)cc3)ccc2-c2ccc(OC(=O)c3ccc(OCCC4CO4)cc3)cc21. The van der Waals surface area contributed by atoms with Gasteiger partial charge in [0.2, 0.25) is 0 Å². The molecule has 0 aromatic heterocycles. The molecule has 0 saturated carbocycles. The van der Waals surface area contributed by atoms with Crippen LogP contribution in [0.5, 0.6) is 23.0 Å². The minimum Gasteiger partial charge on any atom is -0.493 e. The lowest BCUT2D eigenvalue weighted by molar-refractivity contribution is 0.0725. The van der Waals surface area contributed by atoms with Crippen molar-refractivity contribution in [2.75, 3.05) is 26.4 Å². The van der Waals surface area contributed by atoms with Crippen LogP contribution in [0.1, 0.15) is 58.5 Å². The van der Waals surface area contributed by atoms with E-state index in [0.717, 1.165) is 48.3 Å². The van der Waals surface area contributed by atoms with Gasteiger partial charge in [0.15, 0.2) is 0 Å². The summed E-state index contributed by atoms with van der Waals surface area (Å²) < 4.78 is 33.4. The fourth-order valence-electron chi connectivity index (χ4n) is 5.61. The van der Waals surface area contributed by atoms with Gasteiger partial charge in [0, 0.05) is 18.3 Å². The largest absolute Gasteiger partial charge is 0.493 e. The first-order chi connectivity index (χ1) is 21.8. The normalized spacial score (nSPS) is 18.4. The van der Waals surface area contributed by atoms with E-state index in [0.29, 0.717) is 59.5 Å². The second-order valence-electron chi connectivity index (χ2n) is 12.1. The minimum absolute atomic E-state index is 0.316. The highest BCUT2D eigenvalue weighted by Gasteiger charge is 2.36. The first kappa shape index (κ1) is 29.1. The summed E-state index contributed by atoms with van der Waals surface area (Å²) in [6, 6.07) is 25.3. The number of esters is 2. The quantitative estimate of drug-likeness (QED) is 0.0991. The summed E-state index contributed by atoms with van der Waals surface area (Å²) in [6.07, 6.45) is 2.35. The number of carbonyl (C=O) groups is 2. The molecule has 2 saturated heterocycles. The molecule has 0 radical (unpaired) electrons. The first-order valence-corrected chi connectivity index (χ1v) is 15.3. The van der Waals surface area contributed by atoms with Gasteiger partial charge in [0.25, 0.3) is 0 Å². The Morgan fingerprint density at radius 1 is 0.622 bits per heavy atom. The molecule has 2 aliphatic heterocycles. The Morgan fingerprint density at radius 2 is 1.00 bits per heavy atom. The third-order valence-electron chi connectivity index (χ3n) is 8.44. The van der Waals surface area contributed by atoms with Gasteiger partial charge in [0.1, 0.15) is 23.0 Å². The van der Waals surface area contributed by atoms with E-state index < -0.39 is 17.4 Å². The molecule has 2 atom stereocenters. The maximum atomic E-state index is 12.9. The lowest BCUT2D eigenvalue weighted by Crippen LogP contribution is -2.16. The van der Waals surface area contributed by atoms with Crippen molar-refractivity contribution in [1.82, 2.24) is 0 Å². The van der Waals surface area contributed by atoms with Gasteiger partial charge in [-0.3, -0.25) is 0 Å². The third-order valence-corrected chi connectivity index (χ3v) is 8.44. The van der Waals surface area contributed by atoms with Crippen molar-refractivity contribution in [3.8, 4) is 34.1 Å². The molecule has 0 N–H and O–H groups in total. The van der Waals surface area contributed by atoms with E-state index in [1.165, 1.54) is 0 Å². The lowest BCUT2D eigenvalue weighted by atomic mass is 9.82. The zero-order valence-corrected chi connectivity index (χ0v) is 25.2. The zero-order valence-electron chi connectivity index (χ0n) is 25.2. The maximum absolute atomic E-state index is 12.9. The summed E-state index contributed by atoms with van der Waals surface area (Å²) in [6.45, 7) is 6.98. The number of hydrogen-bond donors (Lipinski definition) is 0. The summed E-state index contributed by atoms with van der Waals surface area (Å²) >= 11 is 0. The minimum atomic E-state index is -0.442. The Bertz CT molecular complexity index is 1590. The molecular formula is C37H34O8. The van der Waals surface area contributed by atoms with Crippen molar-refractivity contribution >= 4 is 11.9 Å². The van der Waals surface area contributed by atoms with Crippen molar-refractivity contribution in [3.63, 3.8) is 0 Å². The van der Waals surface area contributed by atoms with Crippen LogP contribution in [0.2, 0.25) is 0 Å².